The second-order valence-corrected chi connectivity index (χ2v) is 8.32. The van der Waals surface area contributed by atoms with Gasteiger partial charge in [0.05, 0.1) is 10.5 Å². The quantitative estimate of drug-likeness (QED) is 0.266. The number of carbonyl (C=O) groups is 2. The lowest BCUT2D eigenvalue weighted by atomic mass is 9.78. The van der Waals surface area contributed by atoms with E-state index in [1.165, 1.54) is 42.5 Å². The molecule has 1 saturated heterocycles. The molecule has 2 aliphatic heterocycles. The van der Waals surface area contributed by atoms with Gasteiger partial charge in [-0.25, -0.2) is 0 Å². The molecular weight excluding hydrogens is 432 g/mol. The maximum Gasteiger partial charge on any atom is 0.296 e. The molecule has 2 unspecified atom stereocenters. The van der Waals surface area contributed by atoms with E-state index in [2.05, 4.69) is 0 Å². The number of aliphatic hydroxyl groups is 3. The molecule has 2 heterocycles. The summed E-state index contributed by atoms with van der Waals surface area (Å²) in [7, 11) is 0. The standard InChI is InChI=1S/C23H20N2O8/c1-2-3-12-24-20(27)18(26)17-19(13-8-10-14(11-9-13)25(31)32)33-23(30)16-7-5-4-6-15(16)22(28,29)21(17,23)24/h4-11,28-30H,2-3,12H2,1H3. The summed E-state index contributed by atoms with van der Waals surface area (Å²) in [6, 6.07) is 10.9. The number of rotatable bonds is 5. The highest BCUT2D eigenvalue weighted by Gasteiger charge is 2.84. The molecule has 2 atom stereocenters. The second kappa shape index (κ2) is 6.70. The number of ketones is 1. The largest absolute Gasteiger partial charge is 0.454 e. The first-order chi connectivity index (χ1) is 15.6. The summed E-state index contributed by atoms with van der Waals surface area (Å²) in [6.07, 6.45) is 1.07. The van der Waals surface area contributed by atoms with E-state index in [0.29, 0.717) is 12.8 Å². The summed E-state index contributed by atoms with van der Waals surface area (Å²) in [6.45, 7) is 1.84. The molecule has 1 spiro atoms. The van der Waals surface area contributed by atoms with E-state index in [1.807, 2.05) is 6.92 Å². The van der Waals surface area contributed by atoms with Gasteiger partial charge in [-0.2, -0.15) is 0 Å². The predicted molar refractivity (Wildman–Crippen MR) is 112 cm³/mol. The normalized spacial score (nSPS) is 26.8. The minimum Gasteiger partial charge on any atom is -0.454 e. The fourth-order valence-corrected chi connectivity index (χ4v) is 5.22. The zero-order valence-electron chi connectivity index (χ0n) is 17.5. The number of benzene rings is 2. The lowest BCUT2D eigenvalue weighted by Crippen LogP contribution is -2.66. The maximum atomic E-state index is 13.3. The molecule has 10 nitrogen and oxygen atoms in total. The second-order valence-electron chi connectivity index (χ2n) is 8.32. The number of carbonyl (C=O) groups excluding carboxylic acids is 2. The molecule has 2 aromatic carbocycles. The van der Waals surface area contributed by atoms with Crippen molar-refractivity contribution < 1.29 is 34.6 Å². The topological polar surface area (TPSA) is 150 Å². The molecule has 10 heteroatoms. The van der Waals surface area contributed by atoms with Gasteiger partial charge in [0.1, 0.15) is 5.76 Å². The fraction of sp³-hybridized carbons (Fsp3) is 0.304. The summed E-state index contributed by atoms with van der Waals surface area (Å²) in [4.78, 5) is 37.8. The van der Waals surface area contributed by atoms with Crippen molar-refractivity contribution in [2.24, 2.45) is 0 Å². The lowest BCUT2D eigenvalue weighted by Gasteiger charge is -2.45. The molecule has 1 amide bonds. The van der Waals surface area contributed by atoms with Crippen LogP contribution in [0.3, 0.4) is 0 Å². The number of nitro benzene ring substituents is 1. The minimum atomic E-state index is -2.86. The van der Waals surface area contributed by atoms with Crippen molar-refractivity contribution in [3.8, 4) is 0 Å². The minimum absolute atomic E-state index is 0.00779. The number of Topliss-reactive ketones (excluding diaryl/α,β-unsaturated/α-hetero) is 1. The van der Waals surface area contributed by atoms with Gasteiger partial charge >= 0.3 is 0 Å². The number of hydrogen-bond donors (Lipinski definition) is 3. The van der Waals surface area contributed by atoms with Crippen LogP contribution in [-0.2, 0) is 25.9 Å². The zero-order chi connectivity index (χ0) is 23.8. The average Bonchev–Trinajstić information content (AvgIpc) is 3.27. The van der Waals surface area contributed by atoms with Crippen molar-refractivity contribution in [2.45, 2.75) is 36.9 Å². The van der Waals surface area contributed by atoms with Crippen LogP contribution < -0.4 is 0 Å². The Kier molecular flexibility index (Phi) is 4.32. The van der Waals surface area contributed by atoms with Gasteiger partial charge in [0, 0.05) is 35.4 Å². The third-order valence-electron chi connectivity index (χ3n) is 6.65. The first kappa shape index (κ1) is 21.3. The van der Waals surface area contributed by atoms with Crippen LogP contribution in [0.4, 0.5) is 5.69 Å². The summed E-state index contributed by atoms with van der Waals surface area (Å²) in [5.41, 5.74) is -2.85. The Labute approximate surface area is 187 Å². The summed E-state index contributed by atoms with van der Waals surface area (Å²) < 4.78 is 5.94. The maximum absolute atomic E-state index is 13.3. The van der Waals surface area contributed by atoms with Gasteiger partial charge in [-0.3, -0.25) is 19.7 Å². The van der Waals surface area contributed by atoms with Gasteiger partial charge in [-0.1, -0.05) is 37.6 Å². The number of non-ortho nitro benzene ring substituents is 1. The van der Waals surface area contributed by atoms with E-state index in [1.54, 1.807) is 6.07 Å². The van der Waals surface area contributed by atoms with Crippen LogP contribution >= 0.6 is 0 Å². The van der Waals surface area contributed by atoms with Crippen LogP contribution in [0.2, 0.25) is 0 Å². The molecule has 1 fully saturated rings. The van der Waals surface area contributed by atoms with E-state index >= 15 is 0 Å². The van der Waals surface area contributed by atoms with Crippen LogP contribution in [-0.4, -0.2) is 48.9 Å². The first-order valence-corrected chi connectivity index (χ1v) is 10.4. The third-order valence-corrected chi connectivity index (χ3v) is 6.65. The highest BCUT2D eigenvalue weighted by atomic mass is 16.6. The van der Waals surface area contributed by atoms with Crippen molar-refractivity contribution in [3.05, 3.63) is 80.9 Å². The summed E-state index contributed by atoms with van der Waals surface area (Å²) >= 11 is 0. The third kappa shape index (κ3) is 2.32. The van der Waals surface area contributed by atoms with Crippen LogP contribution in [0.25, 0.3) is 5.76 Å². The molecule has 3 aliphatic rings. The van der Waals surface area contributed by atoms with Crippen LogP contribution in [0.15, 0.2) is 54.1 Å². The number of nitro groups is 1. The molecule has 3 N–H and O–H groups in total. The average molecular weight is 452 g/mol. The van der Waals surface area contributed by atoms with Gasteiger partial charge in [0.2, 0.25) is 11.3 Å². The SMILES string of the molecule is CCCCN1C(=O)C(=O)C2=C(c3ccc([N+](=O)[O-])cc3)OC3(O)c4ccccc4C(O)(O)C213. The van der Waals surface area contributed by atoms with Crippen molar-refractivity contribution >= 4 is 23.1 Å². The number of ether oxygens (including phenoxy) is 1. The fourth-order valence-electron chi connectivity index (χ4n) is 5.22. The monoisotopic (exact) mass is 452 g/mol. The Balaban J connectivity index is 1.82. The van der Waals surface area contributed by atoms with Gasteiger partial charge in [-0.15, -0.1) is 0 Å². The van der Waals surface area contributed by atoms with Gasteiger partial charge in [-0.05, 0) is 18.6 Å². The molecule has 0 bridgehead atoms. The number of amides is 1. The molecule has 0 saturated carbocycles. The Morgan fingerprint density at radius 3 is 2.27 bits per heavy atom. The number of hydrogen-bond acceptors (Lipinski definition) is 8. The molecule has 170 valence electrons. The number of fused-ring (bicyclic) bond motifs is 2. The smallest absolute Gasteiger partial charge is 0.296 e. The highest BCUT2D eigenvalue weighted by molar-refractivity contribution is 6.48. The molecule has 0 aromatic heterocycles. The molecular formula is C23H20N2O8. The summed E-state index contributed by atoms with van der Waals surface area (Å²) in [5, 5.41) is 45.9. The molecule has 0 radical (unpaired) electrons. The van der Waals surface area contributed by atoms with E-state index in [0.717, 1.165) is 4.90 Å². The Hall–Kier alpha value is -3.60. The zero-order valence-corrected chi connectivity index (χ0v) is 17.5. The first-order valence-electron chi connectivity index (χ1n) is 10.4. The van der Waals surface area contributed by atoms with E-state index in [9.17, 15) is 35.0 Å². The van der Waals surface area contributed by atoms with Gasteiger partial charge < -0.3 is 25.0 Å². The molecule has 5 rings (SSSR count). The number of unbranched alkanes of at least 4 members (excludes halogenated alkanes) is 1. The van der Waals surface area contributed by atoms with E-state index in [-0.39, 0.29) is 40.3 Å². The molecule has 33 heavy (non-hydrogen) atoms. The number of likely N-dealkylation sites (tertiary alicyclic amines) is 1. The summed E-state index contributed by atoms with van der Waals surface area (Å²) in [5.74, 6) is -7.58. The van der Waals surface area contributed by atoms with Gasteiger partial charge in [0.25, 0.3) is 23.2 Å². The van der Waals surface area contributed by atoms with E-state index < -0.39 is 33.7 Å². The van der Waals surface area contributed by atoms with E-state index in [4.69, 9.17) is 4.74 Å². The Morgan fingerprint density at radius 1 is 1.03 bits per heavy atom. The van der Waals surface area contributed by atoms with Crippen molar-refractivity contribution in [2.75, 3.05) is 6.54 Å². The number of nitrogens with zero attached hydrogens (tertiary/aromatic N) is 2. The highest BCUT2D eigenvalue weighted by Crippen LogP contribution is 2.67. The van der Waals surface area contributed by atoms with Crippen molar-refractivity contribution in [3.63, 3.8) is 0 Å². The molecule has 2 aromatic rings. The van der Waals surface area contributed by atoms with Crippen LogP contribution in [0.5, 0.6) is 0 Å². The van der Waals surface area contributed by atoms with Crippen LogP contribution in [0.1, 0.15) is 36.5 Å². The van der Waals surface area contributed by atoms with Crippen molar-refractivity contribution in [1.82, 2.24) is 4.90 Å². The lowest BCUT2D eigenvalue weighted by molar-refractivity contribution is -0.384. The van der Waals surface area contributed by atoms with Gasteiger partial charge in [0.15, 0.2) is 0 Å². The predicted octanol–water partition coefficient (Wildman–Crippen LogP) is 1.28. The Bertz CT molecular complexity index is 1250. The van der Waals surface area contributed by atoms with Crippen LogP contribution in [0, 0.1) is 10.1 Å². The van der Waals surface area contributed by atoms with Crippen molar-refractivity contribution in [1.29, 1.82) is 0 Å². The molecule has 1 aliphatic carbocycles. The Morgan fingerprint density at radius 2 is 1.67 bits per heavy atom.